The first-order valence-corrected chi connectivity index (χ1v) is 5.73. The number of hydrogen-bond acceptors (Lipinski definition) is 6. The van der Waals surface area contributed by atoms with E-state index in [4.69, 9.17) is 4.74 Å². The van der Waals surface area contributed by atoms with E-state index in [0.29, 0.717) is 6.54 Å². The molecule has 0 saturated carbocycles. The molecule has 0 bridgehead atoms. The largest absolute Gasteiger partial charge is 0.481 e. The number of anilines is 1. The van der Waals surface area contributed by atoms with Crippen LogP contribution in [0, 0.1) is 10.1 Å². The Morgan fingerprint density at radius 1 is 1.58 bits per heavy atom. The SMILES string of the molecule is CCNC(=O)C(C)Nc1nc(OC)ccc1[N+](=O)[O-]. The number of hydrogen-bond donors (Lipinski definition) is 2. The molecule has 8 nitrogen and oxygen atoms in total. The molecule has 2 N–H and O–H groups in total. The molecule has 0 aliphatic rings. The van der Waals surface area contributed by atoms with Crippen LogP contribution in [0.2, 0.25) is 0 Å². The van der Waals surface area contributed by atoms with Gasteiger partial charge in [-0.3, -0.25) is 14.9 Å². The highest BCUT2D eigenvalue weighted by Crippen LogP contribution is 2.25. The Labute approximate surface area is 110 Å². The lowest BCUT2D eigenvalue weighted by atomic mass is 10.3. The zero-order valence-corrected chi connectivity index (χ0v) is 11.0. The molecule has 1 atom stereocenters. The number of pyridine rings is 1. The number of carbonyl (C=O) groups excluding carboxylic acids is 1. The molecule has 1 aromatic rings. The van der Waals surface area contributed by atoms with Crippen molar-refractivity contribution in [2.45, 2.75) is 19.9 Å². The number of nitro groups is 1. The zero-order valence-electron chi connectivity index (χ0n) is 11.0. The first-order valence-electron chi connectivity index (χ1n) is 5.73. The molecule has 104 valence electrons. The Balaban J connectivity index is 2.97. The molecule has 0 aliphatic carbocycles. The van der Waals surface area contributed by atoms with Crippen LogP contribution in [-0.2, 0) is 4.79 Å². The second kappa shape index (κ2) is 6.53. The number of amides is 1. The Morgan fingerprint density at radius 2 is 2.26 bits per heavy atom. The summed E-state index contributed by atoms with van der Waals surface area (Å²) < 4.78 is 4.90. The Hall–Kier alpha value is -2.38. The summed E-state index contributed by atoms with van der Waals surface area (Å²) in [7, 11) is 1.41. The van der Waals surface area contributed by atoms with Crippen LogP contribution >= 0.6 is 0 Å². The predicted octanol–water partition coefficient (Wildman–Crippen LogP) is 0.935. The number of rotatable bonds is 6. The van der Waals surface area contributed by atoms with Crippen LogP contribution in [0.1, 0.15) is 13.8 Å². The van der Waals surface area contributed by atoms with Gasteiger partial charge in [0.2, 0.25) is 17.6 Å². The molecular formula is C11H16N4O4. The van der Waals surface area contributed by atoms with E-state index in [2.05, 4.69) is 15.6 Å². The van der Waals surface area contributed by atoms with Crippen LogP contribution in [0.3, 0.4) is 0 Å². The van der Waals surface area contributed by atoms with E-state index < -0.39 is 11.0 Å². The van der Waals surface area contributed by atoms with Crippen molar-refractivity contribution >= 4 is 17.4 Å². The fraction of sp³-hybridized carbons (Fsp3) is 0.455. The third-order valence-electron chi connectivity index (χ3n) is 2.35. The minimum atomic E-state index is -0.641. The van der Waals surface area contributed by atoms with Gasteiger partial charge in [0.05, 0.1) is 12.0 Å². The quantitative estimate of drug-likeness (QED) is 0.587. The summed E-state index contributed by atoms with van der Waals surface area (Å²) in [6.45, 7) is 3.87. The lowest BCUT2D eigenvalue weighted by molar-refractivity contribution is -0.384. The van der Waals surface area contributed by atoms with Gasteiger partial charge in [-0.1, -0.05) is 0 Å². The van der Waals surface area contributed by atoms with Crippen LogP contribution < -0.4 is 15.4 Å². The van der Waals surface area contributed by atoms with Crippen LogP contribution in [0.4, 0.5) is 11.5 Å². The third-order valence-corrected chi connectivity index (χ3v) is 2.35. The van der Waals surface area contributed by atoms with Crippen molar-refractivity contribution in [3.05, 3.63) is 22.2 Å². The van der Waals surface area contributed by atoms with Crippen molar-refractivity contribution in [3.8, 4) is 5.88 Å². The molecule has 8 heteroatoms. The van der Waals surface area contributed by atoms with E-state index in [1.165, 1.54) is 19.2 Å². The molecule has 0 saturated heterocycles. The standard InChI is InChI=1S/C11H16N4O4/c1-4-12-11(16)7(2)13-10-8(15(17)18)5-6-9(14-10)19-3/h5-7H,4H2,1-3H3,(H,12,16)(H,13,14). The van der Waals surface area contributed by atoms with Gasteiger partial charge in [0.1, 0.15) is 6.04 Å². The zero-order chi connectivity index (χ0) is 14.4. The minimum absolute atomic E-state index is 0.00287. The second-order valence-corrected chi connectivity index (χ2v) is 3.74. The Kier molecular flexibility index (Phi) is 5.04. The van der Waals surface area contributed by atoms with Crippen LogP contribution in [0.25, 0.3) is 0 Å². The van der Waals surface area contributed by atoms with Gasteiger partial charge in [-0.2, -0.15) is 4.98 Å². The maximum Gasteiger partial charge on any atom is 0.311 e. The first-order chi connectivity index (χ1) is 8.99. The molecule has 1 aromatic heterocycles. The summed E-state index contributed by atoms with van der Waals surface area (Å²) in [4.78, 5) is 25.8. The highest BCUT2D eigenvalue weighted by Gasteiger charge is 2.20. The highest BCUT2D eigenvalue weighted by atomic mass is 16.6. The first kappa shape index (κ1) is 14.7. The fourth-order valence-corrected chi connectivity index (χ4v) is 1.40. The van der Waals surface area contributed by atoms with E-state index in [9.17, 15) is 14.9 Å². The van der Waals surface area contributed by atoms with Gasteiger partial charge in [0.15, 0.2) is 0 Å². The number of methoxy groups -OCH3 is 1. The van der Waals surface area contributed by atoms with E-state index >= 15 is 0 Å². The topological polar surface area (TPSA) is 106 Å². The van der Waals surface area contributed by atoms with Gasteiger partial charge in [-0.05, 0) is 13.8 Å². The van der Waals surface area contributed by atoms with Gasteiger partial charge in [-0.15, -0.1) is 0 Å². The van der Waals surface area contributed by atoms with Gasteiger partial charge in [0.25, 0.3) is 0 Å². The number of nitrogens with zero attached hydrogens (tertiary/aromatic N) is 2. The summed E-state index contributed by atoms with van der Waals surface area (Å²) in [6.07, 6.45) is 0. The van der Waals surface area contributed by atoms with Crippen LogP contribution in [0.15, 0.2) is 12.1 Å². The average molecular weight is 268 g/mol. The van der Waals surface area contributed by atoms with E-state index in [-0.39, 0.29) is 23.3 Å². The molecule has 0 fully saturated rings. The molecule has 0 radical (unpaired) electrons. The maximum absolute atomic E-state index is 11.6. The summed E-state index contributed by atoms with van der Waals surface area (Å²) in [5.41, 5.74) is -0.211. The van der Waals surface area contributed by atoms with Gasteiger partial charge >= 0.3 is 5.69 Å². The monoisotopic (exact) mass is 268 g/mol. The predicted molar refractivity (Wildman–Crippen MR) is 69.2 cm³/mol. The van der Waals surface area contributed by atoms with Crippen LogP contribution in [0.5, 0.6) is 5.88 Å². The number of likely N-dealkylation sites (N-methyl/N-ethyl adjacent to an activating group) is 1. The lowest BCUT2D eigenvalue weighted by Gasteiger charge is -2.14. The molecule has 1 heterocycles. The lowest BCUT2D eigenvalue weighted by Crippen LogP contribution is -2.37. The van der Waals surface area contributed by atoms with E-state index in [0.717, 1.165) is 0 Å². The second-order valence-electron chi connectivity index (χ2n) is 3.74. The number of nitrogens with one attached hydrogen (secondary N) is 2. The van der Waals surface area contributed by atoms with Crippen molar-refractivity contribution in [1.82, 2.24) is 10.3 Å². The van der Waals surface area contributed by atoms with Gasteiger partial charge in [-0.25, -0.2) is 0 Å². The van der Waals surface area contributed by atoms with Crippen molar-refractivity contribution in [2.75, 3.05) is 19.0 Å². The summed E-state index contributed by atoms with van der Waals surface area (Å²) >= 11 is 0. The highest BCUT2D eigenvalue weighted by molar-refractivity contribution is 5.84. The van der Waals surface area contributed by atoms with Crippen molar-refractivity contribution in [1.29, 1.82) is 0 Å². The van der Waals surface area contributed by atoms with Gasteiger partial charge in [0, 0.05) is 18.7 Å². The molecule has 1 unspecified atom stereocenters. The Bertz CT molecular complexity index is 478. The van der Waals surface area contributed by atoms with E-state index in [1.54, 1.807) is 13.8 Å². The summed E-state index contributed by atoms with van der Waals surface area (Å²) in [5, 5.41) is 16.2. The Morgan fingerprint density at radius 3 is 2.79 bits per heavy atom. The molecule has 0 spiro atoms. The average Bonchev–Trinajstić information content (AvgIpc) is 2.38. The minimum Gasteiger partial charge on any atom is -0.481 e. The van der Waals surface area contributed by atoms with E-state index in [1.807, 2.05) is 0 Å². The smallest absolute Gasteiger partial charge is 0.311 e. The molecule has 1 rings (SSSR count). The van der Waals surface area contributed by atoms with Crippen molar-refractivity contribution in [3.63, 3.8) is 0 Å². The molecule has 1 amide bonds. The third kappa shape index (κ3) is 3.80. The molecule has 19 heavy (non-hydrogen) atoms. The van der Waals surface area contributed by atoms with Crippen molar-refractivity contribution < 1.29 is 14.5 Å². The summed E-state index contributed by atoms with van der Waals surface area (Å²) in [5.74, 6) is -0.0271. The van der Waals surface area contributed by atoms with Gasteiger partial charge < -0.3 is 15.4 Å². The number of aromatic nitrogens is 1. The number of ether oxygens (including phenoxy) is 1. The molecular weight excluding hydrogens is 252 g/mol. The van der Waals surface area contributed by atoms with Crippen LogP contribution in [-0.4, -0.2) is 35.5 Å². The fourth-order valence-electron chi connectivity index (χ4n) is 1.40. The number of carbonyl (C=O) groups is 1. The van der Waals surface area contributed by atoms with Crippen molar-refractivity contribution in [2.24, 2.45) is 0 Å². The summed E-state index contributed by atoms with van der Waals surface area (Å²) in [6, 6.07) is 2.02. The normalized spacial score (nSPS) is 11.5. The molecule has 0 aromatic carbocycles. The molecule has 0 aliphatic heterocycles. The maximum atomic E-state index is 11.6.